The average Bonchev–Trinajstić information content (AvgIpc) is 3.23. The van der Waals surface area contributed by atoms with Crippen LogP contribution in [0, 0.1) is 0 Å². The number of likely N-dealkylation sites (tertiary alicyclic amines) is 1. The number of anilines is 1. The molecule has 1 aromatic heterocycles. The van der Waals surface area contributed by atoms with Crippen molar-refractivity contribution in [2.45, 2.75) is 39.0 Å². The van der Waals surface area contributed by atoms with Gasteiger partial charge in [0.1, 0.15) is 0 Å². The Morgan fingerprint density at radius 1 is 1.33 bits per heavy atom. The lowest BCUT2D eigenvalue weighted by molar-refractivity contribution is 0.222. The Kier molecular flexibility index (Phi) is 4.88. The quantitative estimate of drug-likeness (QED) is 0.934. The van der Waals surface area contributed by atoms with Crippen LogP contribution in [-0.4, -0.2) is 33.8 Å². The number of carbonyl (C=O) groups is 1. The summed E-state index contributed by atoms with van der Waals surface area (Å²) in [6.45, 7) is 5.79. The van der Waals surface area contributed by atoms with Crippen LogP contribution in [0.3, 0.4) is 0 Å². The number of carbonyl (C=O) groups excluding carboxylic acids is 1. The van der Waals surface area contributed by atoms with Gasteiger partial charge >= 0.3 is 6.03 Å². The lowest BCUT2D eigenvalue weighted by atomic mass is 10.0. The summed E-state index contributed by atoms with van der Waals surface area (Å²) < 4.78 is 1.82. The zero-order valence-electron chi connectivity index (χ0n) is 14.7. The van der Waals surface area contributed by atoms with Gasteiger partial charge in [-0.05, 0) is 42.0 Å². The van der Waals surface area contributed by atoms with Crippen LogP contribution in [0.1, 0.15) is 42.9 Å². The topological polar surface area (TPSA) is 50.2 Å². The third-order valence-corrected chi connectivity index (χ3v) is 4.88. The van der Waals surface area contributed by atoms with Gasteiger partial charge in [0.05, 0.1) is 6.20 Å². The lowest BCUT2D eigenvalue weighted by Gasteiger charge is -2.19. The lowest BCUT2D eigenvalue weighted by Crippen LogP contribution is -2.33. The molecule has 1 atom stereocenters. The van der Waals surface area contributed by atoms with E-state index in [1.807, 2.05) is 29.0 Å². The predicted molar refractivity (Wildman–Crippen MR) is 96.4 cm³/mol. The Labute approximate surface area is 143 Å². The highest BCUT2D eigenvalue weighted by atomic mass is 16.2. The summed E-state index contributed by atoms with van der Waals surface area (Å²) in [7, 11) is 1.93. The number of aromatic nitrogens is 2. The van der Waals surface area contributed by atoms with Crippen molar-refractivity contribution in [3.63, 3.8) is 0 Å². The van der Waals surface area contributed by atoms with Gasteiger partial charge in [-0.15, -0.1) is 0 Å². The number of amides is 2. The Hall–Kier alpha value is -2.30. The highest BCUT2D eigenvalue weighted by Crippen LogP contribution is 2.27. The molecule has 5 nitrogen and oxygen atoms in total. The molecule has 3 rings (SSSR count). The van der Waals surface area contributed by atoms with Crippen LogP contribution in [0.5, 0.6) is 0 Å². The summed E-state index contributed by atoms with van der Waals surface area (Å²) in [5, 5.41) is 7.36. The van der Waals surface area contributed by atoms with E-state index in [-0.39, 0.29) is 6.03 Å². The van der Waals surface area contributed by atoms with Gasteiger partial charge in [-0.25, -0.2) is 4.79 Å². The second kappa shape index (κ2) is 7.07. The minimum Gasteiger partial charge on any atom is -0.324 e. The fourth-order valence-electron chi connectivity index (χ4n) is 3.33. The van der Waals surface area contributed by atoms with Gasteiger partial charge in [-0.2, -0.15) is 5.10 Å². The number of aryl methyl sites for hydroxylation is 3. The van der Waals surface area contributed by atoms with Crippen molar-refractivity contribution < 1.29 is 4.79 Å². The first-order chi connectivity index (χ1) is 11.6. The first kappa shape index (κ1) is 16.6. The van der Waals surface area contributed by atoms with E-state index in [4.69, 9.17) is 0 Å². The van der Waals surface area contributed by atoms with E-state index < -0.39 is 0 Å². The van der Waals surface area contributed by atoms with Crippen LogP contribution < -0.4 is 5.32 Å². The third kappa shape index (κ3) is 3.45. The molecule has 0 saturated carbocycles. The van der Waals surface area contributed by atoms with Gasteiger partial charge in [0.2, 0.25) is 0 Å². The van der Waals surface area contributed by atoms with Crippen molar-refractivity contribution >= 4 is 11.7 Å². The first-order valence-electron chi connectivity index (χ1n) is 8.77. The smallest absolute Gasteiger partial charge is 0.321 e. The number of hydrogen-bond acceptors (Lipinski definition) is 2. The van der Waals surface area contributed by atoms with Crippen molar-refractivity contribution in [2.24, 2.45) is 7.05 Å². The average molecular weight is 326 g/mol. The largest absolute Gasteiger partial charge is 0.324 e. The minimum atomic E-state index is 0.00402. The Morgan fingerprint density at radius 2 is 2.17 bits per heavy atom. The van der Waals surface area contributed by atoms with E-state index in [9.17, 15) is 4.79 Å². The molecule has 0 unspecified atom stereocenters. The van der Waals surface area contributed by atoms with Gasteiger partial charge in [0, 0.05) is 37.9 Å². The van der Waals surface area contributed by atoms with Gasteiger partial charge in [-0.3, -0.25) is 4.68 Å². The molecular formula is C19H26N4O. The number of nitrogens with zero attached hydrogens (tertiary/aromatic N) is 3. The minimum absolute atomic E-state index is 0.00402. The maximum atomic E-state index is 12.7. The molecule has 1 aliphatic rings. The number of benzene rings is 1. The first-order valence-corrected chi connectivity index (χ1v) is 8.77. The van der Waals surface area contributed by atoms with Crippen LogP contribution in [0.15, 0.2) is 30.6 Å². The number of urea groups is 1. The van der Waals surface area contributed by atoms with E-state index in [1.54, 1.807) is 0 Å². The summed E-state index contributed by atoms with van der Waals surface area (Å²) in [5.74, 6) is 0.386. The van der Waals surface area contributed by atoms with Crippen molar-refractivity contribution in [1.29, 1.82) is 0 Å². The highest BCUT2D eigenvalue weighted by molar-refractivity contribution is 5.90. The molecule has 2 aromatic rings. The molecule has 1 N–H and O–H groups in total. The number of hydrogen-bond donors (Lipinski definition) is 1. The highest BCUT2D eigenvalue weighted by Gasteiger charge is 2.28. The molecule has 128 valence electrons. The summed E-state index contributed by atoms with van der Waals surface area (Å²) in [4.78, 5) is 14.6. The van der Waals surface area contributed by atoms with Crippen LogP contribution in [0.4, 0.5) is 10.5 Å². The van der Waals surface area contributed by atoms with Crippen molar-refractivity contribution in [3.8, 4) is 0 Å². The third-order valence-electron chi connectivity index (χ3n) is 4.88. The second-order valence-corrected chi connectivity index (χ2v) is 6.51. The van der Waals surface area contributed by atoms with E-state index in [0.29, 0.717) is 5.92 Å². The molecule has 0 radical (unpaired) electrons. The second-order valence-electron chi connectivity index (χ2n) is 6.51. The summed E-state index contributed by atoms with van der Waals surface area (Å²) in [5.41, 5.74) is 4.60. The SMILES string of the molecule is CCc1ccc(CC)c(NC(=O)N2CC[C@@H](c3cnn(C)c3)C2)c1. The summed E-state index contributed by atoms with van der Waals surface area (Å²) in [6.07, 6.45) is 6.84. The van der Waals surface area contributed by atoms with E-state index in [1.165, 1.54) is 16.7 Å². The van der Waals surface area contributed by atoms with Gasteiger partial charge in [0.15, 0.2) is 0 Å². The maximum absolute atomic E-state index is 12.7. The molecule has 2 heterocycles. The normalized spacial score (nSPS) is 17.3. The van der Waals surface area contributed by atoms with Crippen LogP contribution in [-0.2, 0) is 19.9 Å². The van der Waals surface area contributed by atoms with Crippen LogP contribution >= 0.6 is 0 Å². The number of rotatable bonds is 4. The molecule has 1 fully saturated rings. The monoisotopic (exact) mass is 326 g/mol. The maximum Gasteiger partial charge on any atom is 0.321 e. The Morgan fingerprint density at radius 3 is 2.83 bits per heavy atom. The van der Waals surface area contributed by atoms with Crippen LogP contribution in [0.25, 0.3) is 0 Å². The van der Waals surface area contributed by atoms with Crippen molar-refractivity contribution in [1.82, 2.24) is 14.7 Å². The summed E-state index contributed by atoms with van der Waals surface area (Å²) >= 11 is 0. The zero-order chi connectivity index (χ0) is 17.1. The van der Waals surface area contributed by atoms with E-state index in [2.05, 4.69) is 42.5 Å². The molecular weight excluding hydrogens is 300 g/mol. The van der Waals surface area contributed by atoms with Crippen molar-refractivity contribution in [3.05, 3.63) is 47.3 Å². The van der Waals surface area contributed by atoms with Gasteiger partial charge in [0.25, 0.3) is 0 Å². The van der Waals surface area contributed by atoms with Gasteiger partial charge < -0.3 is 10.2 Å². The van der Waals surface area contributed by atoms with Gasteiger partial charge in [-0.1, -0.05) is 26.0 Å². The van der Waals surface area contributed by atoms with Crippen LogP contribution in [0.2, 0.25) is 0 Å². The fraction of sp³-hybridized carbons (Fsp3) is 0.474. The van der Waals surface area contributed by atoms with Crippen molar-refractivity contribution in [2.75, 3.05) is 18.4 Å². The zero-order valence-corrected chi connectivity index (χ0v) is 14.7. The fourth-order valence-corrected chi connectivity index (χ4v) is 3.33. The Balaban J connectivity index is 1.67. The molecule has 1 aliphatic heterocycles. The molecule has 0 bridgehead atoms. The van der Waals surface area contributed by atoms with E-state index >= 15 is 0 Å². The molecule has 2 amide bonds. The van der Waals surface area contributed by atoms with E-state index in [0.717, 1.165) is 38.0 Å². The molecule has 24 heavy (non-hydrogen) atoms. The number of nitrogens with one attached hydrogen (secondary N) is 1. The standard InChI is InChI=1S/C19H26N4O/c1-4-14-6-7-15(5-2)18(10-14)21-19(24)23-9-8-16(13-23)17-11-20-22(3)12-17/h6-7,10-12,16H,4-5,8-9,13H2,1-3H3,(H,21,24)/t16-/m1/s1. The molecule has 0 spiro atoms. The molecule has 1 aromatic carbocycles. The molecule has 0 aliphatic carbocycles. The predicted octanol–water partition coefficient (Wildman–Crippen LogP) is 3.57. The molecule has 5 heteroatoms. The Bertz CT molecular complexity index is 722. The summed E-state index contributed by atoms with van der Waals surface area (Å²) in [6, 6.07) is 6.37. The molecule has 1 saturated heterocycles.